The van der Waals surface area contributed by atoms with Gasteiger partial charge in [-0.3, -0.25) is 9.59 Å². The van der Waals surface area contributed by atoms with E-state index in [1.54, 1.807) is 12.1 Å². The van der Waals surface area contributed by atoms with Gasteiger partial charge in [-0.25, -0.2) is 0 Å². The van der Waals surface area contributed by atoms with Crippen molar-refractivity contribution in [2.45, 2.75) is 25.4 Å². The summed E-state index contributed by atoms with van der Waals surface area (Å²) in [6.45, 7) is 0.479. The second kappa shape index (κ2) is 4.97. The number of hydrogen-bond donors (Lipinski definition) is 3. The summed E-state index contributed by atoms with van der Waals surface area (Å²) in [4.78, 5) is 22.8. The summed E-state index contributed by atoms with van der Waals surface area (Å²) in [6.07, 6.45) is 0.982. The Morgan fingerprint density at radius 1 is 1.41 bits per heavy atom. The highest BCUT2D eigenvalue weighted by atomic mass is 16.2. The van der Waals surface area contributed by atoms with Crippen LogP contribution in [0.25, 0.3) is 0 Å². The lowest BCUT2D eigenvalue weighted by molar-refractivity contribution is -0.122. The number of hydrogen-bond acceptors (Lipinski definition) is 3. The van der Waals surface area contributed by atoms with E-state index in [1.807, 2.05) is 12.1 Å². The summed E-state index contributed by atoms with van der Waals surface area (Å²) in [5.41, 5.74) is 7.21. The van der Waals surface area contributed by atoms with Gasteiger partial charge in [0.05, 0.1) is 0 Å². The quantitative estimate of drug-likeness (QED) is 0.705. The molecule has 0 saturated carbocycles. The number of carbonyl (C=O) groups is 2. The lowest BCUT2D eigenvalue weighted by Gasteiger charge is -2.11. The SMILES string of the molecule is NCc1ccc(NC(=O)C2CCC(=O)N2)cc1. The second-order valence-corrected chi connectivity index (χ2v) is 4.05. The lowest BCUT2D eigenvalue weighted by Crippen LogP contribution is -2.37. The molecule has 1 aliphatic heterocycles. The summed E-state index contributed by atoms with van der Waals surface area (Å²) in [6, 6.07) is 6.93. The Morgan fingerprint density at radius 2 is 2.12 bits per heavy atom. The minimum atomic E-state index is -0.406. The molecule has 5 nitrogen and oxygen atoms in total. The Labute approximate surface area is 99.4 Å². The molecule has 1 unspecified atom stereocenters. The minimum Gasteiger partial charge on any atom is -0.344 e. The van der Waals surface area contributed by atoms with Crippen LogP contribution in [0.4, 0.5) is 5.69 Å². The van der Waals surface area contributed by atoms with E-state index in [2.05, 4.69) is 10.6 Å². The molecule has 1 aromatic carbocycles. The molecule has 1 heterocycles. The van der Waals surface area contributed by atoms with Crippen molar-refractivity contribution in [3.05, 3.63) is 29.8 Å². The molecule has 1 atom stereocenters. The summed E-state index contributed by atoms with van der Waals surface area (Å²) in [5.74, 6) is -0.236. The summed E-state index contributed by atoms with van der Waals surface area (Å²) < 4.78 is 0. The summed E-state index contributed by atoms with van der Waals surface area (Å²) in [5, 5.41) is 5.39. The van der Waals surface area contributed by atoms with Crippen LogP contribution in [0.3, 0.4) is 0 Å². The monoisotopic (exact) mass is 233 g/mol. The van der Waals surface area contributed by atoms with E-state index >= 15 is 0 Å². The van der Waals surface area contributed by atoms with Crippen LogP contribution in [0.2, 0.25) is 0 Å². The molecular weight excluding hydrogens is 218 g/mol. The zero-order valence-corrected chi connectivity index (χ0v) is 9.40. The van der Waals surface area contributed by atoms with E-state index in [1.165, 1.54) is 0 Å². The molecule has 5 heteroatoms. The van der Waals surface area contributed by atoms with E-state index in [0.717, 1.165) is 5.56 Å². The summed E-state index contributed by atoms with van der Waals surface area (Å²) in [7, 11) is 0. The fraction of sp³-hybridized carbons (Fsp3) is 0.333. The van der Waals surface area contributed by atoms with Crippen LogP contribution in [0.5, 0.6) is 0 Å². The predicted molar refractivity (Wildman–Crippen MR) is 64.1 cm³/mol. The third kappa shape index (κ3) is 2.82. The molecule has 1 aromatic rings. The van der Waals surface area contributed by atoms with Crippen LogP contribution in [0.1, 0.15) is 18.4 Å². The van der Waals surface area contributed by atoms with E-state index in [-0.39, 0.29) is 11.8 Å². The molecule has 0 aliphatic carbocycles. The number of nitrogens with two attached hydrogens (primary N) is 1. The standard InChI is InChI=1S/C12H15N3O2/c13-7-8-1-3-9(4-2-8)14-12(17)10-5-6-11(16)15-10/h1-4,10H,5-7,13H2,(H,14,17)(H,15,16). The molecule has 0 bridgehead atoms. The van der Waals surface area contributed by atoms with Crippen LogP contribution in [0, 0.1) is 0 Å². The Morgan fingerprint density at radius 3 is 2.65 bits per heavy atom. The van der Waals surface area contributed by atoms with E-state index in [0.29, 0.717) is 25.1 Å². The Balaban J connectivity index is 1.95. The van der Waals surface area contributed by atoms with Gasteiger partial charge < -0.3 is 16.4 Å². The van der Waals surface area contributed by atoms with Crippen LogP contribution in [-0.2, 0) is 16.1 Å². The zero-order chi connectivity index (χ0) is 12.3. The van der Waals surface area contributed by atoms with Crippen molar-refractivity contribution in [1.29, 1.82) is 0 Å². The highest BCUT2D eigenvalue weighted by Crippen LogP contribution is 2.12. The van der Waals surface area contributed by atoms with Crippen LogP contribution in [0.15, 0.2) is 24.3 Å². The molecule has 0 aromatic heterocycles. The maximum atomic E-state index is 11.8. The van der Waals surface area contributed by atoms with Gasteiger partial charge in [0, 0.05) is 18.7 Å². The Bertz CT molecular complexity index is 428. The number of carbonyl (C=O) groups excluding carboxylic acids is 2. The molecule has 90 valence electrons. The van der Waals surface area contributed by atoms with E-state index in [4.69, 9.17) is 5.73 Å². The molecule has 17 heavy (non-hydrogen) atoms. The van der Waals surface area contributed by atoms with E-state index in [9.17, 15) is 9.59 Å². The zero-order valence-electron chi connectivity index (χ0n) is 9.40. The smallest absolute Gasteiger partial charge is 0.246 e. The topological polar surface area (TPSA) is 84.2 Å². The van der Waals surface area contributed by atoms with Crippen molar-refractivity contribution in [3.63, 3.8) is 0 Å². The molecule has 0 spiro atoms. The van der Waals surface area contributed by atoms with Crippen molar-refractivity contribution in [3.8, 4) is 0 Å². The lowest BCUT2D eigenvalue weighted by atomic mass is 10.2. The average Bonchev–Trinajstić information content (AvgIpc) is 2.77. The van der Waals surface area contributed by atoms with Gasteiger partial charge in [0.15, 0.2) is 0 Å². The first-order chi connectivity index (χ1) is 8.19. The number of anilines is 1. The predicted octanol–water partition coefficient (Wildman–Crippen LogP) is 0.362. The molecule has 2 rings (SSSR count). The van der Waals surface area contributed by atoms with Gasteiger partial charge in [0.1, 0.15) is 6.04 Å². The van der Waals surface area contributed by atoms with Crippen molar-refractivity contribution in [2.75, 3.05) is 5.32 Å². The highest BCUT2D eigenvalue weighted by molar-refractivity contribution is 5.98. The molecule has 2 amide bonds. The molecule has 1 fully saturated rings. The van der Waals surface area contributed by atoms with E-state index < -0.39 is 6.04 Å². The molecule has 4 N–H and O–H groups in total. The Hall–Kier alpha value is -1.88. The van der Waals surface area contributed by atoms with Gasteiger partial charge in [-0.15, -0.1) is 0 Å². The number of rotatable bonds is 3. The van der Waals surface area contributed by atoms with Crippen LogP contribution >= 0.6 is 0 Å². The van der Waals surface area contributed by atoms with Gasteiger partial charge in [-0.2, -0.15) is 0 Å². The largest absolute Gasteiger partial charge is 0.344 e. The number of benzene rings is 1. The summed E-state index contributed by atoms with van der Waals surface area (Å²) >= 11 is 0. The normalized spacial score (nSPS) is 18.9. The van der Waals surface area contributed by atoms with Crippen molar-refractivity contribution >= 4 is 17.5 Å². The van der Waals surface area contributed by atoms with Gasteiger partial charge >= 0.3 is 0 Å². The van der Waals surface area contributed by atoms with Crippen LogP contribution in [-0.4, -0.2) is 17.9 Å². The maximum absolute atomic E-state index is 11.8. The third-order valence-corrected chi connectivity index (χ3v) is 2.77. The number of nitrogens with one attached hydrogen (secondary N) is 2. The minimum absolute atomic E-state index is 0.0661. The molecule has 0 radical (unpaired) electrons. The molecule has 1 saturated heterocycles. The van der Waals surface area contributed by atoms with Gasteiger partial charge in [-0.1, -0.05) is 12.1 Å². The van der Waals surface area contributed by atoms with Crippen molar-refractivity contribution in [2.24, 2.45) is 5.73 Å². The third-order valence-electron chi connectivity index (χ3n) is 2.77. The first kappa shape index (κ1) is 11.6. The molecule has 1 aliphatic rings. The van der Waals surface area contributed by atoms with Gasteiger partial charge in [0.25, 0.3) is 0 Å². The fourth-order valence-corrected chi connectivity index (χ4v) is 1.76. The molecular formula is C12H15N3O2. The van der Waals surface area contributed by atoms with Gasteiger partial charge in [-0.05, 0) is 24.1 Å². The van der Waals surface area contributed by atoms with Crippen LogP contribution < -0.4 is 16.4 Å². The fourth-order valence-electron chi connectivity index (χ4n) is 1.76. The maximum Gasteiger partial charge on any atom is 0.246 e. The first-order valence-corrected chi connectivity index (χ1v) is 5.58. The first-order valence-electron chi connectivity index (χ1n) is 5.58. The Kier molecular flexibility index (Phi) is 3.39. The highest BCUT2D eigenvalue weighted by Gasteiger charge is 2.26. The average molecular weight is 233 g/mol. The van der Waals surface area contributed by atoms with Gasteiger partial charge in [0.2, 0.25) is 11.8 Å². The number of amides is 2. The second-order valence-electron chi connectivity index (χ2n) is 4.05. The van der Waals surface area contributed by atoms with Crippen molar-refractivity contribution < 1.29 is 9.59 Å². The van der Waals surface area contributed by atoms with Crippen molar-refractivity contribution in [1.82, 2.24) is 5.32 Å².